The van der Waals surface area contributed by atoms with Crippen LogP contribution in [0.15, 0.2) is 18.2 Å². The van der Waals surface area contributed by atoms with Crippen LogP contribution in [0.1, 0.15) is 17.2 Å². The Balaban J connectivity index is 1.98. The van der Waals surface area contributed by atoms with Gasteiger partial charge >= 0.3 is 6.03 Å². The lowest BCUT2D eigenvalue weighted by atomic mass is 10.2. The number of aryl methyl sites for hydroxylation is 2. The highest BCUT2D eigenvalue weighted by Gasteiger charge is 2.12. The first-order chi connectivity index (χ1) is 9.45. The largest absolute Gasteiger partial charge is 0.321 e. The summed E-state index contributed by atoms with van der Waals surface area (Å²) in [7, 11) is 1.68. The van der Waals surface area contributed by atoms with Crippen molar-refractivity contribution in [3.05, 3.63) is 40.4 Å². The Morgan fingerprint density at radius 2 is 2.20 bits per heavy atom. The predicted molar refractivity (Wildman–Crippen MR) is 77.8 cm³/mol. The van der Waals surface area contributed by atoms with Crippen molar-refractivity contribution in [1.29, 1.82) is 0 Å². The average Bonchev–Trinajstić information content (AvgIpc) is 2.79. The van der Waals surface area contributed by atoms with E-state index in [0.717, 1.165) is 11.4 Å². The molecule has 7 heteroatoms. The number of carbonyl (C=O) groups is 1. The molecule has 2 amide bonds. The highest BCUT2D eigenvalue weighted by Crippen LogP contribution is 2.20. The van der Waals surface area contributed by atoms with E-state index in [9.17, 15) is 4.79 Å². The van der Waals surface area contributed by atoms with Crippen molar-refractivity contribution in [2.24, 2.45) is 0 Å². The number of urea groups is 1. The maximum atomic E-state index is 12.0. The zero-order valence-corrected chi connectivity index (χ0v) is 12.3. The van der Waals surface area contributed by atoms with E-state index in [4.69, 9.17) is 11.6 Å². The molecule has 2 rings (SSSR count). The molecule has 2 aromatic rings. The smallest absolute Gasteiger partial charge is 0.320 e. The molecule has 1 aromatic heterocycles. The van der Waals surface area contributed by atoms with Gasteiger partial charge in [-0.05, 0) is 31.5 Å². The van der Waals surface area contributed by atoms with E-state index in [1.807, 2.05) is 26.0 Å². The number of halogens is 1. The molecule has 0 radical (unpaired) electrons. The van der Waals surface area contributed by atoms with E-state index < -0.39 is 0 Å². The van der Waals surface area contributed by atoms with Crippen molar-refractivity contribution in [3.8, 4) is 0 Å². The molecular formula is C13H16ClN5O. The normalized spacial score (nSPS) is 10.4. The summed E-state index contributed by atoms with van der Waals surface area (Å²) >= 11 is 6.02. The Kier molecular flexibility index (Phi) is 4.24. The number of carbonyl (C=O) groups excluding carboxylic acids is 1. The number of amides is 2. The van der Waals surface area contributed by atoms with Crippen LogP contribution in [0.4, 0.5) is 10.5 Å². The second-order valence-electron chi connectivity index (χ2n) is 4.59. The van der Waals surface area contributed by atoms with Gasteiger partial charge in [0.25, 0.3) is 0 Å². The van der Waals surface area contributed by atoms with Crippen LogP contribution in [0.3, 0.4) is 0 Å². The molecule has 106 valence electrons. The summed E-state index contributed by atoms with van der Waals surface area (Å²) in [6.45, 7) is 4.05. The zero-order valence-electron chi connectivity index (χ0n) is 11.6. The van der Waals surface area contributed by atoms with Crippen molar-refractivity contribution in [1.82, 2.24) is 20.1 Å². The average molecular weight is 294 g/mol. The third-order valence-corrected chi connectivity index (χ3v) is 3.20. The maximum absolute atomic E-state index is 12.0. The van der Waals surface area contributed by atoms with Gasteiger partial charge in [0.05, 0.1) is 6.54 Å². The second kappa shape index (κ2) is 5.92. The first kappa shape index (κ1) is 14.3. The number of hydrogen-bond donors (Lipinski definition) is 2. The molecule has 0 fully saturated rings. The molecule has 0 atom stereocenters. The summed E-state index contributed by atoms with van der Waals surface area (Å²) in [5, 5.41) is 10.1. The number of benzene rings is 1. The molecule has 0 unspecified atom stereocenters. The molecule has 1 heterocycles. The number of nitrogens with one attached hydrogen (secondary N) is 2. The molecule has 0 saturated heterocycles. The van der Waals surface area contributed by atoms with E-state index in [1.54, 1.807) is 13.1 Å². The molecule has 0 spiro atoms. The van der Waals surface area contributed by atoms with Gasteiger partial charge in [-0.15, -0.1) is 0 Å². The molecule has 2 N–H and O–H groups in total. The van der Waals surface area contributed by atoms with Crippen molar-refractivity contribution in [2.45, 2.75) is 20.4 Å². The fourth-order valence-corrected chi connectivity index (χ4v) is 1.81. The van der Waals surface area contributed by atoms with E-state index in [-0.39, 0.29) is 6.03 Å². The first-order valence-corrected chi connectivity index (χ1v) is 6.49. The number of hydrogen-bond acceptors (Lipinski definition) is 3. The van der Waals surface area contributed by atoms with Gasteiger partial charge in [0.1, 0.15) is 5.82 Å². The number of aromatic amines is 1. The predicted octanol–water partition coefficient (Wildman–Crippen LogP) is 2.74. The van der Waals surface area contributed by atoms with Crippen molar-refractivity contribution in [3.63, 3.8) is 0 Å². The third kappa shape index (κ3) is 3.48. The molecule has 0 aliphatic rings. The molecule has 1 aromatic carbocycles. The summed E-state index contributed by atoms with van der Waals surface area (Å²) in [6, 6.07) is 5.15. The fourth-order valence-electron chi connectivity index (χ4n) is 1.63. The number of H-pyrrole nitrogens is 1. The minimum atomic E-state index is -0.243. The molecule has 0 aliphatic carbocycles. The molecule has 0 bridgehead atoms. The van der Waals surface area contributed by atoms with Gasteiger partial charge < -0.3 is 10.2 Å². The van der Waals surface area contributed by atoms with Crippen LogP contribution < -0.4 is 5.32 Å². The van der Waals surface area contributed by atoms with Gasteiger partial charge in [-0.25, -0.2) is 9.78 Å². The number of anilines is 1. The quantitative estimate of drug-likeness (QED) is 0.914. The lowest BCUT2D eigenvalue weighted by molar-refractivity contribution is 0.219. The topological polar surface area (TPSA) is 73.9 Å². The van der Waals surface area contributed by atoms with E-state index >= 15 is 0 Å². The molecule has 0 saturated carbocycles. The van der Waals surface area contributed by atoms with E-state index in [0.29, 0.717) is 23.1 Å². The monoisotopic (exact) mass is 293 g/mol. The summed E-state index contributed by atoms with van der Waals surface area (Å²) in [5.74, 6) is 1.29. The fraction of sp³-hybridized carbons (Fsp3) is 0.308. The standard InChI is InChI=1S/C13H16ClN5O/c1-8-4-5-10(6-11(8)14)16-13(20)19(3)7-12-15-9(2)17-18-12/h4-6H,7H2,1-3H3,(H,16,20)(H,15,17,18). The van der Waals surface area contributed by atoms with Gasteiger partial charge in [0, 0.05) is 17.8 Å². The third-order valence-electron chi connectivity index (χ3n) is 2.79. The second-order valence-corrected chi connectivity index (χ2v) is 4.99. The maximum Gasteiger partial charge on any atom is 0.321 e. The lowest BCUT2D eigenvalue weighted by Gasteiger charge is -2.16. The van der Waals surface area contributed by atoms with Gasteiger partial charge in [-0.3, -0.25) is 5.10 Å². The summed E-state index contributed by atoms with van der Waals surface area (Å²) in [4.78, 5) is 17.7. The van der Waals surface area contributed by atoms with Gasteiger partial charge in [0.15, 0.2) is 5.82 Å². The van der Waals surface area contributed by atoms with Gasteiger partial charge in [-0.1, -0.05) is 17.7 Å². The number of nitrogens with zero attached hydrogens (tertiary/aromatic N) is 3. The van der Waals surface area contributed by atoms with Crippen LogP contribution in [0.2, 0.25) is 5.02 Å². The Labute approximate surface area is 122 Å². The van der Waals surface area contributed by atoms with Crippen LogP contribution >= 0.6 is 11.6 Å². The number of rotatable bonds is 3. The van der Waals surface area contributed by atoms with Gasteiger partial charge in [-0.2, -0.15) is 5.10 Å². The first-order valence-electron chi connectivity index (χ1n) is 6.12. The highest BCUT2D eigenvalue weighted by molar-refractivity contribution is 6.31. The number of aromatic nitrogens is 3. The summed E-state index contributed by atoms with van der Waals surface area (Å²) in [6.07, 6.45) is 0. The van der Waals surface area contributed by atoms with Crippen LogP contribution in [-0.2, 0) is 6.54 Å². The Bertz CT molecular complexity index is 625. The van der Waals surface area contributed by atoms with Crippen LogP contribution in [-0.4, -0.2) is 33.2 Å². The molecular weight excluding hydrogens is 278 g/mol. The summed E-state index contributed by atoms with van der Waals surface area (Å²) in [5.41, 5.74) is 1.62. The minimum absolute atomic E-state index is 0.243. The van der Waals surface area contributed by atoms with Gasteiger partial charge in [0.2, 0.25) is 0 Å². The SMILES string of the molecule is Cc1nc(CN(C)C(=O)Nc2ccc(C)c(Cl)c2)n[nH]1. The van der Waals surface area contributed by atoms with Crippen molar-refractivity contribution < 1.29 is 4.79 Å². The molecule has 20 heavy (non-hydrogen) atoms. The molecule has 0 aliphatic heterocycles. The van der Waals surface area contributed by atoms with Crippen LogP contribution in [0.5, 0.6) is 0 Å². The van der Waals surface area contributed by atoms with Crippen molar-refractivity contribution >= 4 is 23.3 Å². The highest BCUT2D eigenvalue weighted by atomic mass is 35.5. The van der Waals surface area contributed by atoms with E-state index in [2.05, 4.69) is 20.5 Å². The van der Waals surface area contributed by atoms with Crippen molar-refractivity contribution in [2.75, 3.05) is 12.4 Å². The Morgan fingerprint density at radius 3 is 2.80 bits per heavy atom. The minimum Gasteiger partial charge on any atom is -0.320 e. The summed E-state index contributed by atoms with van der Waals surface area (Å²) < 4.78 is 0. The van der Waals surface area contributed by atoms with E-state index in [1.165, 1.54) is 4.90 Å². The Morgan fingerprint density at radius 1 is 1.45 bits per heavy atom. The molecule has 6 nitrogen and oxygen atoms in total. The lowest BCUT2D eigenvalue weighted by Crippen LogP contribution is -2.31. The Hall–Kier alpha value is -2.08. The zero-order chi connectivity index (χ0) is 14.7. The van der Waals surface area contributed by atoms with Crippen LogP contribution in [0, 0.1) is 13.8 Å². The van der Waals surface area contributed by atoms with Crippen LogP contribution in [0.25, 0.3) is 0 Å².